The molecule has 0 aliphatic carbocycles. The lowest BCUT2D eigenvalue weighted by atomic mass is 10.2. The first-order valence-corrected chi connectivity index (χ1v) is 5.37. The largest absolute Gasteiger partial charge is 0.478 e. The molecule has 18 heavy (non-hydrogen) atoms. The molecule has 0 fully saturated rings. The molecule has 0 bridgehead atoms. The Morgan fingerprint density at radius 1 is 1.28 bits per heavy atom. The van der Waals surface area contributed by atoms with Crippen molar-refractivity contribution in [1.29, 1.82) is 0 Å². The maximum Gasteiger partial charge on any atom is 0.338 e. The summed E-state index contributed by atoms with van der Waals surface area (Å²) in [5.74, 6) is -0.983. The first-order chi connectivity index (χ1) is 8.74. The Kier molecular flexibility index (Phi) is 2.30. The SMILES string of the molecule is O=C(O)c1cnn(-c2ccc3ncccc3c2)c1. The van der Waals surface area contributed by atoms with Crippen molar-refractivity contribution in [3.63, 3.8) is 0 Å². The molecule has 5 nitrogen and oxygen atoms in total. The minimum absolute atomic E-state index is 0.168. The van der Waals surface area contributed by atoms with E-state index >= 15 is 0 Å². The van der Waals surface area contributed by atoms with E-state index in [2.05, 4.69) is 10.1 Å². The number of pyridine rings is 1. The van der Waals surface area contributed by atoms with Crippen LogP contribution < -0.4 is 0 Å². The van der Waals surface area contributed by atoms with E-state index in [1.807, 2.05) is 30.3 Å². The van der Waals surface area contributed by atoms with E-state index in [9.17, 15) is 4.79 Å². The quantitative estimate of drug-likeness (QED) is 0.743. The van der Waals surface area contributed by atoms with Crippen molar-refractivity contribution in [2.24, 2.45) is 0 Å². The first-order valence-electron chi connectivity index (χ1n) is 5.37. The van der Waals surface area contributed by atoms with Gasteiger partial charge < -0.3 is 5.11 Å². The highest BCUT2D eigenvalue weighted by Crippen LogP contribution is 2.16. The van der Waals surface area contributed by atoms with Crippen LogP contribution in [-0.4, -0.2) is 25.8 Å². The molecule has 0 unspecified atom stereocenters. The van der Waals surface area contributed by atoms with Crippen molar-refractivity contribution in [3.8, 4) is 5.69 Å². The van der Waals surface area contributed by atoms with Crippen molar-refractivity contribution in [3.05, 3.63) is 54.5 Å². The Balaban J connectivity index is 2.10. The van der Waals surface area contributed by atoms with Crippen LogP contribution in [0.3, 0.4) is 0 Å². The summed E-state index contributed by atoms with van der Waals surface area (Å²) in [5.41, 5.74) is 1.87. The molecule has 1 aromatic carbocycles. The highest BCUT2D eigenvalue weighted by Gasteiger charge is 2.07. The average molecular weight is 239 g/mol. The summed E-state index contributed by atoms with van der Waals surface area (Å²) in [5, 5.41) is 13.9. The molecule has 2 heterocycles. The van der Waals surface area contributed by atoms with Crippen molar-refractivity contribution in [2.45, 2.75) is 0 Å². The van der Waals surface area contributed by atoms with Gasteiger partial charge in [-0.1, -0.05) is 6.07 Å². The highest BCUT2D eigenvalue weighted by atomic mass is 16.4. The molecule has 5 heteroatoms. The number of hydrogen-bond acceptors (Lipinski definition) is 3. The van der Waals surface area contributed by atoms with E-state index in [0.717, 1.165) is 16.6 Å². The maximum atomic E-state index is 10.8. The first kappa shape index (κ1) is 10.5. The highest BCUT2D eigenvalue weighted by molar-refractivity contribution is 5.87. The molecule has 0 aliphatic rings. The van der Waals surface area contributed by atoms with Crippen molar-refractivity contribution in [1.82, 2.24) is 14.8 Å². The molecule has 2 aromatic heterocycles. The fraction of sp³-hybridized carbons (Fsp3) is 0. The van der Waals surface area contributed by atoms with Crippen LogP contribution in [0, 0.1) is 0 Å². The topological polar surface area (TPSA) is 68.0 Å². The minimum Gasteiger partial charge on any atom is -0.478 e. The van der Waals surface area contributed by atoms with E-state index < -0.39 is 5.97 Å². The van der Waals surface area contributed by atoms with Crippen LogP contribution in [0.15, 0.2) is 48.9 Å². The molecule has 0 amide bonds. The molecule has 0 aliphatic heterocycles. The molecule has 0 atom stereocenters. The number of carboxylic acids is 1. The van der Waals surface area contributed by atoms with Crippen LogP contribution in [0.4, 0.5) is 0 Å². The minimum atomic E-state index is -0.983. The van der Waals surface area contributed by atoms with Gasteiger partial charge in [0.2, 0.25) is 0 Å². The zero-order valence-corrected chi connectivity index (χ0v) is 9.32. The molecule has 0 radical (unpaired) electrons. The summed E-state index contributed by atoms with van der Waals surface area (Å²) >= 11 is 0. The maximum absolute atomic E-state index is 10.8. The number of aromatic carboxylic acids is 1. The third-order valence-electron chi connectivity index (χ3n) is 2.68. The smallest absolute Gasteiger partial charge is 0.338 e. The van der Waals surface area contributed by atoms with Crippen molar-refractivity contribution >= 4 is 16.9 Å². The van der Waals surface area contributed by atoms with Crippen LogP contribution in [-0.2, 0) is 0 Å². The van der Waals surface area contributed by atoms with Gasteiger partial charge in [-0.25, -0.2) is 9.48 Å². The van der Waals surface area contributed by atoms with Gasteiger partial charge in [-0.05, 0) is 24.3 Å². The number of fused-ring (bicyclic) bond motifs is 1. The van der Waals surface area contributed by atoms with Crippen molar-refractivity contribution in [2.75, 3.05) is 0 Å². The molecule has 0 saturated heterocycles. The van der Waals surface area contributed by atoms with Gasteiger partial charge >= 0.3 is 5.97 Å². The van der Waals surface area contributed by atoms with E-state index in [0.29, 0.717) is 0 Å². The van der Waals surface area contributed by atoms with Gasteiger partial charge in [0.1, 0.15) is 0 Å². The van der Waals surface area contributed by atoms with Gasteiger partial charge in [0.15, 0.2) is 0 Å². The Morgan fingerprint density at radius 3 is 2.94 bits per heavy atom. The number of carboxylic acid groups (broad SMARTS) is 1. The number of aromatic nitrogens is 3. The molecular weight excluding hydrogens is 230 g/mol. The number of hydrogen-bond donors (Lipinski definition) is 1. The summed E-state index contributed by atoms with van der Waals surface area (Å²) in [6.45, 7) is 0. The molecule has 0 spiro atoms. The lowest BCUT2D eigenvalue weighted by molar-refractivity contribution is 0.0697. The standard InChI is InChI=1S/C13H9N3O2/c17-13(18)10-7-15-16(8-10)11-3-4-12-9(6-11)2-1-5-14-12/h1-8H,(H,17,18). The van der Waals surface area contributed by atoms with E-state index in [-0.39, 0.29) is 5.56 Å². The van der Waals surface area contributed by atoms with Gasteiger partial charge in [-0.15, -0.1) is 0 Å². The second-order valence-corrected chi connectivity index (χ2v) is 3.86. The predicted octanol–water partition coefficient (Wildman–Crippen LogP) is 2.12. The van der Waals surface area contributed by atoms with E-state index in [1.54, 1.807) is 6.20 Å². The Bertz CT molecular complexity index is 734. The Labute approximate surface area is 102 Å². The lowest BCUT2D eigenvalue weighted by Gasteiger charge is -2.02. The Hall–Kier alpha value is -2.69. The van der Waals surface area contributed by atoms with E-state index in [4.69, 9.17) is 5.11 Å². The summed E-state index contributed by atoms with van der Waals surface area (Å²) in [4.78, 5) is 15.0. The molecular formula is C13H9N3O2. The fourth-order valence-corrected chi connectivity index (χ4v) is 1.78. The monoisotopic (exact) mass is 239 g/mol. The fourth-order valence-electron chi connectivity index (χ4n) is 1.78. The summed E-state index contributed by atoms with van der Waals surface area (Å²) in [7, 11) is 0. The average Bonchev–Trinajstić information content (AvgIpc) is 2.88. The molecule has 0 saturated carbocycles. The van der Waals surface area contributed by atoms with Crippen LogP contribution in [0.1, 0.15) is 10.4 Å². The summed E-state index contributed by atoms with van der Waals surface area (Å²) in [6, 6.07) is 9.47. The second kappa shape index (κ2) is 3.96. The zero-order chi connectivity index (χ0) is 12.5. The number of rotatable bonds is 2. The van der Waals surface area contributed by atoms with Crippen LogP contribution >= 0.6 is 0 Å². The number of carbonyl (C=O) groups is 1. The molecule has 88 valence electrons. The van der Waals surface area contributed by atoms with Gasteiger partial charge in [-0.3, -0.25) is 4.98 Å². The normalized spacial score (nSPS) is 10.7. The van der Waals surface area contributed by atoms with Crippen LogP contribution in [0.25, 0.3) is 16.6 Å². The summed E-state index contributed by atoms with van der Waals surface area (Å²) in [6.07, 6.45) is 4.55. The molecule has 3 rings (SSSR count). The second-order valence-electron chi connectivity index (χ2n) is 3.86. The van der Waals surface area contributed by atoms with Crippen LogP contribution in [0.2, 0.25) is 0 Å². The predicted molar refractivity (Wildman–Crippen MR) is 65.8 cm³/mol. The lowest BCUT2D eigenvalue weighted by Crippen LogP contribution is -1.95. The number of benzene rings is 1. The van der Waals surface area contributed by atoms with Gasteiger partial charge in [0.25, 0.3) is 0 Å². The Morgan fingerprint density at radius 2 is 2.17 bits per heavy atom. The van der Waals surface area contributed by atoms with Crippen LogP contribution in [0.5, 0.6) is 0 Å². The third-order valence-corrected chi connectivity index (χ3v) is 2.68. The third kappa shape index (κ3) is 1.71. The molecule has 3 aromatic rings. The number of nitrogens with zero attached hydrogens (tertiary/aromatic N) is 3. The van der Waals surface area contributed by atoms with E-state index in [1.165, 1.54) is 17.1 Å². The van der Waals surface area contributed by atoms with Gasteiger partial charge in [0.05, 0.1) is 23.0 Å². The molecule has 1 N–H and O–H groups in total. The van der Waals surface area contributed by atoms with Gasteiger partial charge in [-0.2, -0.15) is 5.10 Å². The zero-order valence-electron chi connectivity index (χ0n) is 9.32. The van der Waals surface area contributed by atoms with Crippen molar-refractivity contribution < 1.29 is 9.90 Å². The van der Waals surface area contributed by atoms with Gasteiger partial charge in [0, 0.05) is 17.8 Å². The summed E-state index contributed by atoms with van der Waals surface area (Å²) < 4.78 is 1.54.